The third-order valence-electron chi connectivity index (χ3n) is 2.70. The Labute approximate surface area is 110 Å². The molecule has 0 saturated carbocycles. The quantitative estimate of drug-likeness (QED) is 0.791. The summed E-state index contributed by atoms with van der Waals surface area (Å²) in [6.45, 7) is 1.98. The van der Waals surface area contributed by atoms with Crippen molar-refractivity contribution in [3.8, 4) is 0 Å². The van der Waals surface area contributed by atoms with Crippen LogP contribution in [-0.4, -0.2) is 25.5 Å². The van der Waals surface area contributed by atoms with Crippen molar-refractivity contribution in [1.82, 2.24) is 19.7 Å². The van der Waals surface area contributed by atoms with E-state index < -0.39 is 0 Å². The predicted molar refractivity (Wildman–Crippen MR) is 67.7 cm³/mol. The van der Waals surface area contributed by atoms with Crippen LogP contribution >= 0.6 is 11.6 Å². The van der Waals surface area contributed by atoms with Crippen LogP contribution in [0.1, 0.15) is 28.8 Å². The number of carbonyl (C=O) groups is 1. The summed E-state index contributed by atoms with van der Waals surface area (Å²) in [5.41, 5.74) is 1.92. The van der Waals surface area contributed by atoms with Gasteiger partial charge in [0, 0.05) is 13.2 Å². The lowest BCUT2D eigenvalue weighted by Crippen LogP contribution is -2.09. The normalized spacial score (nSPS) is 10.6. The van der Waals surface area contributed by atoms with Gasteiger partial charge in [0.05, 0.1) is 22.8 Å². The van der Waals surface area contributed by atoms with Gasteiger partial charge >= 0.3 is 0 Å². The van der Waals surface area contributed by atoms with Gasteiger partial charge in [-0.2, -0.15) is 5.10 Å². The molecule has 0 atom stereocenters. The number of hydrogen-bond acceptors (Lipinski definition) is 4. The number of Topliss-reactive ketones (excluding diaryl/α,β-unsaturated/α-hetero) is 1. The minimum Gasteiger partial charge on any atom is -0.292 e. The minimum atomic E-state index is -0.0926. The zero-order chi connectivity index (χ0) is 13.1. The largest absolute Gasteiger partial charge is 0.292 e. The van der Waals surface area contributed by atoms with E-state index in [1.54, 1.807) is 24.0 Å². The number of halogens is 1. The van der Waals surface area contributed by atoms with E-state index in [0.717, 1.165) is 17.8 Å². The van der Waals surface area contributed by atoms with E-state index >= 15 is 0 Å². The second-order valence-corrected chi connectivity index (χ2v) is 4.26. The van der Waals surface area contributed by atoms with E-state index in [4.69, 9.17) is 11.6 Å². The van der Waals surface area contributed by atoms with Crippen LogP contribution < -0.4 is 0 Å². The Kier molecular flexibility index (Phi) is 3.72. The van der Waals surface area contributed by atoms with Gasteiger partial charge in [0.25, 0.3) is 0 Å². The van der Waals surface area contributed by atoms with Gasteiger partial charge in [-0.15, -0.1) is 0 Å². The number of hydrogen-bond donors (Lipinski definition) is 0. The van der Waals surface area contributed by atoms with Gasteiger partial charge in [0.1, 0.15) is 12.0 Å². The summed E-state index contributed by atoms with van der Waals surface area (Å²) in [6, 6.07) is 1.59. The average molecular weight is 265 g/mol. The highest BCUT2D eigenvalue weighted by atomic mass is 35.5. The average Bonchev–Trinajstić information content (AvgIpc) is 2.67. The van der Waals surface area contributed by atoms with Gasteiger partial charge in [-0.1, -0.05) is 18.5 Å². The van der Waals surface area contributed by atoms with Crippen LogP contribution in [0.4, 0.5) is 0 Å². The molecule has 5 nitrogen and oxygen atoms in total. The lowest BCUT2D eigenvalue weighted by molar-refractivity contribution is 0.0986. The van der Waals surface area contributed by atoms with Crippen molar-refractivity contribution in [2.45, 2.75) is 19.8 Å². The first-order valence-electron chi connectivity index (χ1n) is 5.63. The molecule has 2 aromatic rings. The lowest BCUT2D eigenvalue weighted by Gasteiger charge is -2.01. The highest BCUT2D eigenvalue weighted by Gasteiger charge is 2.17. The first-order valence-corrected chi connectivity index (χ1v) is 6.00. The summed E-state index contributed by atoms with van der Waals surface area (Å²) in [5.74, 6) is -0.0926. The Balaban J connectivity index is 2.25. The van der Waals surface area contributed by atoms with Crippen LogP contribution in [0.25, 0.3) is 0 Å². The summed E-state index contributed by atoms with van der Waals surface area (Å²) >= 11 is 6.19. The molecule has 2 aromatic heterocycles. The molecule has 0 aliphatic carbocycles. The van der Waals surface area contributed by atoms with Crippen molar-refractivity contribution in [3.05, 3.63) is 40.7 Å². The summed E-state index contributed by atoms with van der Waals surface area (Å²) in [4.78, 5) is 19.7. The molecular formula is C12H13ClN4O. The molecule has 0 aromatic carbocycles. The Bertz CT molecular complexity index is 565. The van der Waals surface area contributed by atoms with Crippen LogP contribution in [0, 0.1) is 0 Å². The van der Waals surface area contributed by atoms with Crippen molar-refractivity contribution >= 4 is 17.4 Å². The molecule has 6 heteroatoms. The highest BCUT2D eigenvalue weighted by Crippen LogP contribution is 2.21. The fourth-order valence-corrected chi connectivity index (χ4v) is 2.07. The second kappa shape index (κ2) is 5.27. The maximum Gasteiger partial charge on any atom is 0.187 e. The van der Waals surface area contributed by atoms with Crippen molar-refractivity contribution in [1.29, 1.82) is 0 Å². The molecule has 0 spiro atoms. The van der Waals surface area contributed by atoms with E-state index in [2.05, 4.69) is 15.1 Å². The summed E-state index contributed by atoms with van der Waals surface area (Å²) in [5, 5.41) is 4.85. The first kappa shape index (κ1) is 12.7. The van der Waals surface area contributed by atoms with Gasteiger partial charge in [-0.25, -0.2) is 9.97 Å². The van der Waals surface area contributed by atoms with Crippen molar-refractivity contribution in [2.24, 2.45) is 7.05 Å². The lowest BCUT2D eigenvalue weighted by atomic mass is 10.1. The molecular weight excluding hydrogens is 252 g/mol. The Morgan fingerprint density at radius 2 is 2.28 bits per heavy atom. The maximum absolute atomic E-state index is 12.0. The van der Waals surface area contributed by atoms with Crippen molar-refractivity contribution in [3.63, 3.8) is 0 Å². The molecule has 0 fully saturated rings. The predicted octanol–water partition coefficient (Wildman–Crippen LogP) is 1.85. The first-order chi connectivity index (χ1) is 8.63. The van der Waals surface area contributed by atoms with Crippen molar-refractivity contribution in [2.75, 3.05) is 0 Å². The van der Waals surface area contributed by atoms with E-state index in [1.165, 1.54) is 6.33 Å². The molecule has 0 unspecified atom stereocenters. The summed E-state index contributed by atoms with van der Waals surface area (Å²) in [6.07, 6.45) is 3.84. The summed E-state index contributed by atoms with van der Waals surface area (Å²) in [7, 11) is 1.79. The standard InChI is InChI=1S/C12H13ClN4O/c1-3-8-12(13)10(17(2)16-8)6-11(18)9-4-5-14-7-15-9/h4-5,7H,3,6H2,1-2H3. The number of ketones is 1. The fraction of sp³-hybridized carbons (Fsp3) is 0.333. The van der Waals surface area contributed by atoms with Crippen molar-refractivity contribution < 1.29 is 4.79 Å². The fourth-order valence-electron chi connectivity index (χ4n) is 1.71. The molecule has 0 radical (unpaired) electrons. The smallest absolute Gasteiger partial charge is 0.187 e. The topological polar surface area (TPSA) is 60.7 Å². The third-order valence-corrected chi connectivity index (χ3v) is 3.13. The number of aryl methyl sites for hydroxylation is 2. The van der Waals surface area contributed by atoms with E-state index in [9.17, 15) is 4.79 Å². The van der Waals surface area contributed by atoms with Crippen LogP contribution in [-0.2, 0) is 19.9 Å². The van der Waals surface area contributed by atoms with Gasteiger partial charge in [0.15, 0.2) is 5.78 Å². The molecule has 0 saturated heterocycles. The molecule has 0 aliphatic rings. The Morgan fingerprint density at radius 1 is 1.50 bits per heavy atom. The van der Waals surface area contributed by atoms with Gasteiger partial charge < -0.3 is 0 Å². The highest BCUT2D eigenvalue weighted by molar-refractivity contribution is 6.32. The zero-order valence-corrected chi connectivity index (χ0v) is 11.0. The molecule has 2 rings (SSSR count). The third kappa shape index (κ3) is 2.41. The minimum absolute atomic E-state index is 0.0926. The molecule has 0 aliphatic heterocycles. The van der Waals surface area contributed by atoms with Crippen LogP contribution in [0.2, 0.25) is 5.02 Å². The Hall–Kier alpha value is -1.75. The van der Waals surface area contributed by atoms with Gasteiger partial charge in [-0.05, 0) is 12.5 Å². The molecule has 0 bridgehead atoms. The number of nitrogens with zero attached hydrogens (tertiary/aromatic N) is 4. The number of rotatable bonds is 4. The van der Waals surface area contributed by atoms with Crippen LogP contribution in [0.5, 0.6) is 0 Å². The monoisotopic (exact) mass is 264 g/mol. The van der Waals surface area contributed by atoms with E-state index in [-0.39, 0.29) is 12.2 Å². The van der Waals surface area contributed by atoms with Crippen LogP contribution in [0.3, 0.4) is 0 Å². The summed E-state index contributed by atoms with van der Waals surface area (Å²) < 4.78 is 1.65. The molecule has 18 heavy (non-hydrogen) atoms. The number of carbonyl (C=O) groups excluding carboxylic acids is 1. The molecule has 94 valence electrons. The van der Waals surface area contributed by atoms with E-state index in [1.807, 2.05) is 6.92 Å². The molecule has 2 heterocycles. The molecule has 0 amide bonds. The molecule has 0 N–H and O–H groups in total. The number of aromatic nitrogens is 4. The van der Waals surface area contributed by atoms with Gasteiger partial charge in [-0.3, -0.25) is 9.48 Å². The maximum atomic E-state index is 12.0. The van der Waals surface area contributed by atoms with Gasteiger partial charge in [0.2, 0.25) is 0 Å². The van der Waals surface area contributed by atoms with Crippen LogP contribution in [0.15, 0.2) is 18.6 Å². The zero-order valence-electron chi connectivity index (χ0n) is 10.2. The van der Waals surface area contributed by atoms with E-state index in [0.29, 0.717) is 10.7 Å². The Morgan fingerprint density at radius 3 is 2.83 bits per heavy atom. The second-order valence-electron chi connectivity index (χ2n) is 3.88. The SMILES string of the molecule is CCc1nn(C)c(CC(=O)c2ccncn2)c1Cl.